The summed E-state index contributed by atoms with van der Waals surface area (Å²) in [7, 11) is 0. The molecule has 4 bridgehead atoms. The van der Waals surface area contributed by atoms with Gasteiger partial charge in [-0.15, -0.1) is 0 Å². The quantitative estimate of drug-likeness (QED) is 0.757. The fourth-order valence-corrected chi connectivity index (χ4v) is 5.85. The Bertz CT molecular complexity index is 752. The largest absolute Gasteiger partial charge is 0.455 e. The number of ether oxygens (including phenoxy) is 1. The highest BCUT2D eigenvalue weighted by atomic mass is 35.5. The summed E-state index contributed by atoms with van der Waals surface area (Å²) in [5, 5.41) is 14.1. The van der Waals surface area contributed by atoms with Crippen molar-refractivity contribution >= 4 is 40.8 Å². The van der Waals surface area contributed by atoms with Crippen molar-refractivity contribution in [2.45, 2.75) is 44.1 Å². The second-order valence-electron chi connectivity index (χ2n) is 8.21. The molecule has 2 unspecified atom stereocenters. The van der Waals surface area contributed by atoms with Crippen LogP contribution in [0.5, 0.6) is 0 Å². The van der Waals surface area contributed by atoms with Crippen molar-refractivity contribution in [2.24, 2.45) is 17.3 Å². The lowest BCUT2D eigenvalue weighted by Crippen LogP contribution is -2.58. The number of esters is 1. The summed E-state index contributed by atoms with van der Waals surface area (Å²) < 4.78 is 5.34. The summed E-state index contributed by atoms with van der Waals surface area (Å²) in [6, 6.07) is 4.75. The standard InChI is InChI=1S/C19H21Cl2NO4/c20-13-1-2-14(21)15(4-13)22-16(23)9-26-17(24)18-5-11-3-12(6-18)8-19(25,7-11)10-18/h1-2,4,11-12,25H,3,5-10H2,(H,22,23). The van der Waals surface area contributed by atoms with E-state index in [-0.39, 0.29) is 12.6 Å². The first-order valence-corrected chi connectivity index (χ1v) is 9.67. The van der Waals surface area contributed by atoms with Crippen molar-refractivity contribution in [3.63, 3.8) is 0 Å². The van der Waals surface area contributed by atoms with Crippen molar-refractivity contribution in [1.82, 2.24) is 0 Å². The second-order valence-corrected chi connectivity index (χ2v) is 9.06. The van der Waals surface area contributed by atoms with E-state index in [0.29, 0.717) is 34.0 Å². The number of hydrogen-bond donors (Lipinski definition) is 2. The smallest absolute Gasteiger partial charge is 0.312 e. The van der Waals surface area contributed by atoms with Crippen LogP contribution in [-0.4, -0.2) is 29.2 Å². The van der Waals surface area contributed by atoms with Gasteiger partial charge < -0.3 is 15.2 Å². The highest BCUT2D eigenvalue weighted by molar-refractivity contribution is 6.35. The van der Waals surface area contributed by atoms with Gasteiger partial charge in [0.05, 0.1) is 21.7 Å². The molecule has 2 atom stereocenters. The summed E-state index contributed by atoms with van der Waals surface area (Å²) in [5.74, 6) is -0.0656. The predicted octanol–water partition coefficient (Wildman–Crippen LogP) is 3.81. The van der Waals surface area contributed by atoms with E-state index in [4.69, 9.17) is 27.9 Å². The lowest BCUT2D eigenvalue weighted by Gasteiger charge is -2.58. The van der Waals surface area contributed by atoms with E-state index in [1.807, 2.05) is 0 Å². The average molecular weight is 398 g/mol. The number of carbonyl (C=O) groups excluding carboxylic acids is 2. The zero-order chi connectivity index (χ0) is 18.5. The Kier molecular flexibility index (Phi) is 4.45. The van der Waals surface area contributed by atoms with Crippen LogP contribution in [0, 0.1) is 17.3 Å². The molecule has 7 heteroatoms. The van der Waals surface area contributed by atoms with Crippen molar-refractivity contribution in [1.29, 1.82) is 0 Å². The number of benzene rings is 1. The maximum absolute atomic E-state index is 12.8. The van der Waals surface area contributed by atoms with Gasteiger partial charge in [0.1, 0.15) is 0 Å². The van der Waals surface area contributed by atoms with Gasteiger partial charge in [0.15, 0.2) is 6.61 Å². The number of carbonyl (C=O) groups is 2. The highest BCUT2D eigenvalue weighted by Crippen LogP contribution is 2.61. The molecule has 26 heavy (non-hydrogen) atoms. The molecule has 5 rings (SSSR count). The molecule has 0 aromatic heterocycles. The van der Waals surface area contributed by atoms with Crippen LogP contribution in [0.1, 0.15) is 38.5 Å². The van der Waals surface area contributed by atoms with Crippen LogP contribution >= 0.6 is 23.2 Å². The molecule has 4 saturated carbocycles. The van der Waals surface area contributed by atoms with Crippen LogP contribution in [-0.2, 0) is 14.3 Å². The molecule has 0 saturated heterocycles. The van der Waals surface area contributed by atoms with Gasteiger partial charge in [0, 0.05) is 5.02 Å². The summed E-state index contributed by atoms with van der Waals surface area (Å²) >= 11 is 11.9. The van der Waals surface area contributed by atoms with Gasteiger partial charge in [-0.2, -0.15) is 0 Å². The van der Waals surface area contributed by atoms with Crippen LogP contribution in [0.4, 0.5) is 5.69 Å². The number of anilines is 1. The number of rotatable bonds is 4. The minimum Gasteiger partial charge on any atom is -0.455 e. The Balaban J connectivity index is 1.38. The van der Waals surface area contributed by atoms with Crippen LogP contribution in [0.15, 0.2) is 18.2 Å². The molecule has 1 aromatic rings. The van der Waals surface area contributed by atoms with E-state index >= 15 is 0 Å². The summed E-state index contributed by atoms with van der Waals surface area (Å²) in [6.07, 6.45) is 4.62. The van der Waals surface area contributed by atoms with E-state index in [0.717, 1.165) is 32.1 Å². The van der Waals surface area contributed by atoms with Gasteiger partial charge in [-0.25, -0.2) is 0 Å². The normalized spacial score (nSPS) is 34.6. The molecule has 4 aliphatic rings. The Morgan fingerprint density at radius 2 is 1.88 bits per heavy atom. The van der Waals surface area contributed by atoms with Crippen molar-refractivity contribution in [3.8, 4) is 0 Å². The third-order valence-corrected chi connectivity index (χ3v) is 6.56. The molecule has 0 heterocycles. The summed E-state index contributed by atoms with van der Waals surface area (Å²) in [6.45, 7) is -0.378. The first-order chi connectivity index (χ1) is 12.3. The van der Waals surface area contributed by atoms with Crippen molar-refractivity contribution in [3.05, 3.63) is 28.2 Å². The van der Waals surface area contributed by atoms with Crippen LogP contribution in [0.2, 0.25) is 10.0 Å². The molecule has 1 aromatic carbocycles. The van der Waals surface area contributed by atoms with Crippen LogP contribution in [0.3, 0.4) is 0 Å². The summed E-state index contributed by atoms with van der Waals surface area (Å²) in [4.78, 5) is 24.9. The Labute approximate surface area is 162 Å². The zero-order valence-corrected chi connectivity index (χ0v) is 15.8. The lowest BCUT2D eigenvalue weighted by atomic mass is 9.48. The highest BCUT2D eigenvalue weighted by Gasteiger charge is 2.60. The van der Waals surface area contributed by atoms with Gasteiger partial charge >= 0.3 is 5.97 Å². The van der Waals surface area contributed by atoms with E-state index < -0.39 is 16.9 Å². The first kappa shape index (κ1) is 18.1. The molecule has 0 radical (unpaired) electrons. The second kappa shape index (κ2) is 6.39. The predicted molar refractivity (Wildman–Crippen MR) is 98.1 cm³/mol. The molecule has 2 N–H and O–H groups in total. The van der Waals surface area contributed by atoms with E-state index in [2.05, 4.69) is 5.32 Å². The Morgan fingerprint density at radius 1 is 1.19 bits per heavy atom. The zero-order valence-electron chi connectivity index (χ0n) is 14.3. The van der Waals surface area contributed by atoms with Crippen molar-refractivity contribution in [2.75, 3.05) is 11.9 Å². The van der Waals surface area contributed by atoms with Gasteiger partial charge in [-0.3, -0.25) is 9.59 Å². The van der Waals surface area contributed by atoms with E-state index in [1.165, 1.54) is 6.07 Å². The molecular weight excluding hydrogens is 377 g/mol. The number of amides is 1. The molecule has 0 aliphatic heterocycles. The number of hydrogen-bond acceptors (Lipinski definition) is 4. The molecule has 4 fully saturated rings. The van der Waals surface area contributed by atoms with Crippen LogP contribution in [0.25, 0.3) is 0 Å². The van der Waals surface area contributed by atoms with Gasteiger partial charge in [0.2, 0.25) is 0 Å². The number of halogens is 2. The topological polar surface area (TPSA) is 75.6 Å². The fourth-order valence-electron chi connectivity index (χ4n) is 5.52. The van der Waals surface area contributed by atoms with Crippen LogP contribution < -0.4 is 5.32 Å². The first-order valence-electron chi connectivity index (χ1n) is 8.92. The average Bonchev–Trinajstić information content (AvgIpc) is 2.53. The third kappa shape index (κ3) is 3.32. The maximum Gasteiger partial charge on any atom is 0.312 e. The third-order valence-electron chi connectivity index (χ3n) is 6.00. The minimum absolute atomic E-state index is 0.359. The van der Waals surface area contributed by atoms with Crippen molar-refractivity contribution < 1.29 is 19.4 Å². The number of aliphatic hydroxyl groups is 1. The minimum atomic E-state index is -0.736. The molecular formula is C19H21Cl2NO4. The van der Waals surface area contributed by atoms with Gasteiger partial charge in [0.25, 0.3) is 5.91 Å². The summed E-state index contributed by atoms with van der Waals surface area (Å²) in [5.41, 5.74) is -0.990. The van der Waals surface area contributed by atoms with E-state index in [9.17, 15) is 14.7 Å². The molecule has 5 nitrogen and oxygen atoms in total. The van der Waals surface area contributed by atoms with E-state index in [1.54, 1.807) is 12.1 Å². The Morgan fingerprint density at radius 3 is 2.54 bits per heavy atom. The molecule has 4 aliphatic carbocycles. The van der Waals surface area contributed by atoms with Gasteiger partial charge in [-0.1, -0.05) is 23.2 Å². The maximum atomic E-state index is 12.8. The Hall–Kier alpha value is -1.30. The van der Waals surface area contributed by atoms with Gasteiger partial charge in [-0.05, 0) is 68.6 Å². The molecule has 140 valence electrons. The lowest BCUT2D eigenvalue weighted by molar-refractivity contribution is -0.196. The monoisotopic (exact) mass is 397 g/mol. The fraction of sp³-hybridized carbons (Fsp3) is 0.579. The molecule has 1 amide bonds. The number of nitrogens with one attached hydrogen (secondary N) is 1. The SMILES string of the molecule is O=C(COC(=O)C12CC3CC(CC(O)(C3)C1)C2)Nc1cc(Cl)ccc1Cl. The molecule has 0 spiro atoms.